The van der Waals surface area contributed by atoms with E-state index >= 15 is 0 Å². The van der Waals surface area contributed by atoms with E-state index in [1.807, 2.05) is 0 Å². The van der Waals surface area contributed by atoms with Gasteiger partial charge in [-0.15, -0.1) is 21.5 Å². The molecule has 154 valence electrons. The number of ether oxygens (including phenoxy) is 1. The molecule has 0 saturated heterocycles. The number of thioether (sulfide) groups is 1. The summed E-state index contributed by atoms with van der Waals surface area (Å²) in [4.78, 5) is 13.8. The van der Waals surface area contributed by atoms with Gasteiger partial charge in [0.25, 0.3) is 0 Å². The monoisotopic (exact) mass is 450 g/mol. The molecule has 0 aliphatic rings. The van der Waals surface area contributed by atoms with Gasteiger partial charge < -0.3 is 10.1 Å². The average Bonchev–Trinajstić information content (AvgIpc) is 3.33. The highest BCUT2D eigenvalue weighted by Gasteiger charge is 2.19. The van der Waals surface area contributed by atoms with E-state index in [-0.39, 0.29) is 17.7 Å². The van der Waals surface area contributed by atoms with E-state index in [1.54, 1.807) is 36.6 Å². The van der Waals surface area contributed by atoms with Crippen LogP contribution in [0.15, 0.2) is 34.8 Å². The molecule has 0 radical (unpaired) electrons. The van der Waals surface area contributed by atoms with E-state index in [0.717, 1.165) is 17.8 Å². The maximum atomic E-state index is 12.5. The van der Waals surface area contributed by atoms with Crippen LogP contribution in [-0.2, 0) is 11.2 Å². The van der Waals surface area contributed by atoms with Crippen LogP contribution in [0.25, 0.3) is 11.4 Å². The van der Waals surface area contributed by atoms with Crippen LogP contribution in [0.5, 0.6) is 5.75 Å². The number of rotatable bonds is 8. The first-order valence-electron chi connectivity index (χ1n) is 9.21. The molecule has 1 aromatic carbocycles. The normalized spacial score (nSPS) is 11.1. The van der Waals surface area contributed by atoms with Crippen LogP contribution in [0.1, 0.15) is 31.7 Å². The van der Waals surface area contributed by atoms with Gasteiger partial charge in [0, 0.05) is 26.9 Å². The summed E-state index contributed by atoms with van der Waals surface area (Å²) in [7, 11) is 1.55. The molecule has 2 heterocycles. The first-order valence-corrected chi connectivity index (χ1v) is 11.5. The Morgan fingerprint density at radius 1 is 1.34 bits per heavy atom. The maximum Gasteiger partial charge on any atom is 0.234 e. The number of hydrogen-bond acceptors (Lipinski definition) is 6. The molecule has 1 amide bonds. The summed E-state index contributed by atoms with van der Waals surface area (Å²) in [6.45, 7) is 6.30. The summed E-state index contributed by atoms with van der Waals surface area (Å²) in [5, 5.41) is 14.9. The van der Waals surface area contributed by atoms with Crippen molar-refractivity contribution in [2.45, 2.75) is 38.4 Å². The first-order chi connectivity index (χ1) is 13.9. The van der Waals surface area contributed by atoms with Gasteiger partial charge in [0.15, 0.2) is 11.0 Å². The molecule has 0 bridgehead atoms. The van der Waals surface area contributed by atoms with Crippen molar-refractivity contribution < 1.29 is 9.53 Å². The predicted octanol–water partition coefficient (Wildman–Crippen LogP) is 5.54. The molecule has 0 aliphatic carbocycles. The molecule has 0 spiro atoms. The summed E-state index contributed by atoms with van der Waals surface area (Å²) in [5.74, 6) is 1.42. The van der Waals surface area contributed by atoms with Crippen molar-refractivity contribution >= 4 is 46.3 Å². The Balaban J connectivity index is 1.74. The number of anilines is 1. The van der Waals surface area contributed by atoms with Crippen molar-refractivity contribution in [2.75, 3.05) is 18.2 Å². The third kappa shape index (κ3) is 5.12. The zero-order chi connectivity index (χ0) is 21.0. The van der Waals surface area contributed by atoms with Gasteiger partial charge in [-0.3, -0.25) is 9.36 Å². The van der Waals surface area contributed by atoms with Crippen LogP contribution in [0.3, 0.4) is 0 Å². The Hall–Kier alpha value is -2.03. The molecule has 3 rings (SSSR count). The Morgan fingerprint density at radius 2 is 2.14 bits per heavy atom. The van der Waals surface area contributed by atoms with E-state index in [1.165, 1.54) is 16.6 Å². The molecular formula is C20H23ClN4O2S2. The maximum absolute atomic E-state index is 12.5. The SMILES string of the molecule is CCc1cc(-c2nnc(SCC(=O)Nc3cc(Cl)ccc3OC)n2C(C)C)cs1. The third-order valence-corrected chi connectivity index (χ3v) is 6.47. The molecule has 0 atom stereocenters. The van der Waals surface area contributed by atoms with E-state index in [9.17, 15) is 4.79 Å². The number of halogens is 1. The van der Waals surface area contributed by atoms with Crippen LogP contribution in [0, 0.1) is 0 Å². The van der Waals surface area contributed by atoms with Gasteiger partial charge in [-0.05, 0) is 44.5 Å². The van der Waals surface area contributed by atoms with Crippen molar-refractivity contribution in [3.8, 4) is 17.1 Å². The van der Waals surface area contributed by atoms with Gasteiger partial charge in [0.05, 0.1) is 18.6 Å². The Bertz CT molecular complexity index is 1000. The van der Waals surface area contributed by atoms with Crippen molar-refractivity contribution in [1.82, 2.24) is 14.8 Å². The summed E-state index contributed by atoms with van der Waals surface area (Å²) < 4.78 is 7.34. The van der Waals surface area contributed by atoms with Gasteiger partial charge in [-0.1, -0.05) is 30.3 Å². The number of methoxy groups -OCH3 is 1. The number of carbonyl (C=O) groups excluding carboxylic acids is 1. The Labute approximate surface area is 183 Å². The fourth-order valence-electron chi connectivity index (χ4n) is 2.82. The smallest absolute Gasteiger partial charge is 0.234 e. The number of carbonyl (C=O) groups is 1. The molecule has 0 fully saturated rings. The summed E-state index contributed by atoms with van der Waals surface area (Å²) in [6, 6.07) is 7.42. The lowest BCUT2D eigenvalue weighted by atomic mass is 10.2. The van der Waals surface area contributed by atoms with Crippen LogP contribution >= 0.6 is 34.7 Å². The fraction of sp³-hybridized carbons (Fsp3) is 0.350. The minimum atomic E-state index is -0.167. The second-order valence-corrected chi connectivity index (χ2v) is 8.98. The largest absolute Gasteiger partial charge is 0.495 e. The number of nitrogens with zero attached hydrogens (tertiary/aromatic N) is 3. The number of nitrogens with one attached hydrogen (secondary N) is 1. The van der Waals surface area contributed by atoms with E-state index in [2.05, 4.69) is 52.3 Å². The van der Waals surface area contributed by atoms with Crippen molar-refractivity contribution in [2.24, 2.45) is 0 Å². The molecular weight excluding hydrogens is 428 g/mol. The van der Waals surface area contributed by atoms with Gasteiger partial charge in [-0.25, -0.2) is 0 Å². The number of aromatic nitrogens is 3. The lowest BCUT2D eigenvalue weighted by Gasteiger charge is -2.13. The second-order valence-electron chi connectivity index (χ2n) is 6.61. The molecule has 1 N–H and O–H groups in total. The molecule has 3 aromatic rings. The topological polar surface area (TPSA) is 69.0 Å². The Morgan fingerprint density at radius 3 is 2.79 bits per heavy atom. The van der Waals surface area contributed by atoms with Crippen molar-refractivity contribution in [3.63, 3.8) is 0 Å². The number of aryl methyl sites for hydroxylation is 1. The molecule has 0 aliphatic heterocycles. The Kier molecular flexibility index (Phi) is 7.21. The summed E-state index contributed by atoms with van der Waals surface area (Å²) in [5.41, 5.74) is 1.61. The number of benzene rings is 1. The molecule has 29 heavy (non-hydrogen) atoms. The fourth-order valence-corrected chi connectivity index (χ4v) is 4.67. The van der Waals surface area contributed by atoms with Crippen LogP contribution in [0.2, 0.25) is 5.02 Å². The molecule has 0 unspecified atom stereocenters. The summed E-state index contributed by atoms with van der Waals surface area (Å²) in [6.07, 6.45) is 0.995. The number of amides is 1. The second kappa shape index (κ2) is 9.65. The lowest BCUT2D eigenvalue weighted by Crippen LogP contribution is -2.15. The quantitative estimate of drug-likeness (QED) is 0.456. The molecule has 0 saturated carbocycles. The molecule has 2 aromatic heterocycles. The van der Waals surface area contributed by atoms with Crippen molar-refractivity contribution in [1.29, 1.82) is 0 Å². The predicted molar refractivity (Wildman–Crippen MR) is 120 cm³/mol. The highest BCUT2D eigenvalue weighted by atomic mass is 35.5. The minimum Gasteiger partial charge on any atom is -0.495 e. The molecule has 9 heteroatoms. The molecule has 6 nitrogen and oxygen atoms in total. The van der Waals surface area contributed by atoms with Crippen LogP contribution in [0.4, 0.5) is 5.69 Å². The van der Waals surface area contributed by atoms with E-state index in [4.69, 9.17) is 16.3 Å². The zero-order valence-corrected chi connectivity index (χ0v) is 19.1. The average molecular weight is 451 g/mol. The van der Waals surface area contributed by atoms with E-state index in [0.29, 0.717) is 21.6 Å². The van der Waals surface area contributed by atoms with Crippen molar-refractivity contribution in [3.05, 3.63) is 39.5 Å². The lowest BCUT2D eigenvalue weighted by molar-refractivity contribution is -0.113. The zero-order valence-electron chi connectivity index (χ0n) is 16.7. The van der Waals surface area contributed by atoms with Gasteiger partial charge >= 0.3 is 0 Å². The van der Waals surface area contributed by atoms with Crippen LogP contribution in [-0.4, -0.2) is 33.5 Å². The number of hydrogen-bond donors (Lipinski definition) is 1. The van der Waals surface area contributed by atoms with Gasteiger partial charge in [-0.2, -0.15) is 0 Å². The highest BCUT2D eigenvalue weighted by molar-refractivity contribution is 7.99. The van der Waals surface area contributed by atoms with Gasteiger partial charge in [0.2, 0.25) is 5.91 Å². The minimum absolute atomic E-state index is 0.167. The highest BCUT2D eigenvalue weighted by Crippen LogP contribution is 2.31. The first kappa shape index (κ1) is 21.7. The van der Waals surface area contributed by atoms with Gasteiger partial charge in [0.1, 0.15) is 5.75 Å². The standard InChI is InChI=1S/C20H23ClN4O2S2/c1-5-15-8-13(10-28-15)19-23-24-20(25(19)12(2)3)29-11-18(26)22-16-9-14(21)6-7-17(16)27-4/h6-10,12H,5,11H2,1-4H3,(H,22,26). The van der Waals surface area contributed by atoms with E-state index < -0.39 is 0 Å². The van der Waals surface area contributed by atoms with Crippen LogP contribution < -0.4 is 10.1 Å². The number of thiophene rings is 1. The summed E-state index contributed by atoms with van der Waals surface area (Å²) >= 11 is 9.10. The third-order valence-electron chi connectivity index (χ3n) is 4.21.